The number of benzene rings is 2. The summed E-state index contributed by atoms with van der Waals surface area (Å²) in [7, 11) is -3.52. The Kier molecular flexibility index (Phi) is 6.20. The van der Waals surface area contributed by atoms with Crippen molar-refractivity contribution in [3.63, 3.8) is 0 Å². The minimum Gasteiger partial charge on any atom is -0.490 e. The van der Waals surface area contributed by atoms with Crippen molar-refractivity contribution in [1.82, 2.24) is 9.62 Å². The molecule has 2 aliphatic rings. The molecule has 0 aromatic heterocycles. The van der Waals surface area contributed by atoms with Crippen molar-refractivity contribution in [2.45, 2.75) is 50.6 Å². The number of carbonyl (C=O) groups is 1. The van der Waals surface area contributed by atoms with Crippen molar-refractivity contribution in [1.29, 1.82) is 0 Å². The van der Waals surface area contributed by atoms with E-state index in [0.29, 0.717) is 37.6 Å². The van der Waals surface area contributed by atoms with E-state index >= 15 is 0 Å². The molecule has 0 unspecified atom stereocenters. The zero-order chi connectivity index (χ0) is 22.0. The quantitative estimate of drug-likeness (QED) is 0.676. The monoisotopic (exact) mass is 444 g/mol. The molecule has 1 aliphatic carbocycles. The van der Waals surface area contributed by atoms with Crippen molar-refractivity contribution in [2.24, 2.45) is 0 Å². The van der Waals surface area contributed by atoms with Crippen LogP contribution in [0.5, 0.6) is 11.5 Å². The third-order valence-corrected chi connectivity index (χ3v) is 7.01. The van der Waals surface area contributed by atoms with Gasteiger partial charge in [0.1, 0.15) is 0 Å². The maximum atomic E-state index is 13.0. The summed E-state index contributed by atoms with van der Waals surface area (Å²) in [4.78, 5) is 15.0. The van der Waals surface area contributed by atoms with Gasteiger partial charge in [-0.15, -0.1) is 0 Å². The second-order valence-electron chi connectivity index (χ2n) is 7.83. The number of amides is 1. The number of hydrogen-bond acceptors (Lipinski definition) is 5. The van der Waals surface area contributed by atoms with E-state index in [1.807, 2.05) is 26.0 Å². The first kappa shape index (κ1) is 21.6. The van der Waals surface area contributed by atoms with Crippen LogP contribution in [0.1, 0.15) is 48.2 Å². The number of hydrogen-bond donors (Lipinski definition) is 1. The standard InChI is InChI=1S/C23H28N2O5S/c1-3-29-21-13-17-11-12-25(15-18(17)14-22(21)30-4-2)23(26)16-5-9-20(10-6-16)31(27,28)24-19-7-8-19/h5-6,9-10,13-14,19,24H,3-4,7-8,11-12,15H2,1-2H3. The lowest BCUT2D eigenvalue weighted by Crippen LogP contribution is -2.36. The maximum absolute atomic E-state index is 13.0. The molecule has 4 rings (SSSR count). The van der Waals surface area contributed by atoms with Crippen LogP contribution >= 0.6 is 0 Å². The summed E-state index contributed by atoms with van der Waals surface area (Å²) in [6.45, 7) is 6.03. The summed E-state index contributed by atoms with van der Waals surface area (Å²) in [6, 6.07) is 10.2. The van der Waals surface area contributed by atoms with Crippen LogP contribution in [0.25, 0.3) is 0 Å². The zero-order valence-electron chi connectivity index (χ0n) is 17.9. The molecular weight excluding hydrogens is 416 g/mol. The van der Waals surface area contributed by atoms with E-state index in [0.717, 1.165) is 36.1 Å². The van der Waals surface area contributed by atoms with Crippen LogP contribution in [0.15, 0.2) is 41.3 Å². The Bertz CT molecular complexity index is 1060. The first-order valence-corrected chi connectivity index (χ1v) is 12.2. The molecule has 0 atom stereocenters. The largest absolute Gasteiger partial charge is 0.490 e. The van der Waals surface area contributed by atoms with Gasteiger partial charge in [0.05, 0.1) is 18.1 Å². The van der Waals surface area contributed by atoms with E-state index in [-0.39, 0.29) is 16.8 Å². The maximum Gasteiger partial charge on any atom is 0.254 e. The first-order chi connectivity index (χ1) is 14.9. The van der Waals surface area contributed by atoms with Gasteiger partial charge in [-0.05, 0) is 80.6 Å². The fourth-order valence-electron chi connectivity index (χ4n) is 3.72. The predicted molar refractivity (Wildman–Crippen MR) is 117 cm³/mol. The van der Waals surface area contributed by atoms with Crippen molar-refractivity contribution in [2.75, 3.05) is 19.8 Å². The van der Waals surface area contributed by atoms with Crippen LogP contribution in [-0.2, 0) is 23.0 Å². The molecule has 1 heterocycles. The Morgan fingerprint density at radius 1 is 1.03 bits per heavy atom. The highest BCUT2D eigenvalue weighted by Crippen LogP contribution is 2.34. The number of ether oxygens (including phenoxy) is 2. The van der Waals surface area contributed by atoms with Gasteiger partial charge in [0.2, 0.25) is 10.0 Å². The molecule has 2 aromatic carbocycles. The lowest BCUT2D eigenvalue weighted by Gasteiger charge is -2.30. The van der Waals surface area contributed by atoms with E-state index in [2.05, 4.69) is 4.72 Å². The summed E-state index contributed by atoms with van der Waals surface area (Å²) in [5, 5.41) is 0. The Hall–Kier alpha value is -2.58. The van der Waals surface area contributed by atoms with Gasteiger partial charge < -0.3 is 14.4 Å². The van der Waals surface area contributed by atoms with E-state index in [1.54, 1.807) is 17.0 Å². The topological polar surface area (TPSA) is 84.9 Å². The second-order valence-corrected chi connectivity index (χ2v) is 9.54. The molecule has 1 saturated carbocycles. The van der Waals surface area contributed by atoms with E-state index in [9.17, 15) is 13.2 Å². The van der Waals surface area contributed by atoms with Gasteiger partial charge in [-0.1, -0.05) is 0 Å². The molecular formula is C23H28N2O5S. The molecule has 0 spiro atoms. The second kappa shape index (κ2) is 8.88. The van der Waals surface area contributed by atoms with Crippen molar-refractivity contribution < 1.29 is 22.7 Å². The lowest BCUT2D eigenvalue weighted by molar-refractivity contribution is 0.0734. The van der Waals surface area contributed by atoms with Gasteiger partial charge in [-0.25, -0.2) is 13.1 Å². The highest BCUT2D eigenvalue weighted by molar-refractivity contribution is 7.89. The molecule has 0 saturated heterocycles. The average molecular weight is 445 g/mol. The van der Waals surface area contributed by atoms with Crippen LogP contribution in [-0.4, -0.2) is 45.0 Å². The number of rotatable bonds is 8. The molecule has 166 valence electrons. The molecule has 1 amide bonds. The number of sulfonamides is 1. The Balaban J connectivity index is 1.50. The van der Waals surface area contributed by atoms with Gasteiger partial charge >= 0.3 is 0 Å². The molecule has 1 fully saturated rings. The number of nitrogens with one attached hydrogen (secondary N) is 1. The fraction of sp³-hybridized carbons (Fsp3) is 0.435. The fourth-order valence-corrected chi connectivity index (χ4v) is 5.03. The van der Waals surface area contributed by atoms with Gasteiger partial charge in [-0.3, -0.25) is 4.79 Å². The molecule has 1 aliphatic heterocycles. The molecule has 2 aromatic rings. The number of carbonyl (C=O) groups excluding carboxylic acids is 1. The SMILES string of the molecule is CCOc1cc2c(cc1OCC)CN(C(=O)c1ccc(S(=O)(=O)NC3CC3)cc1)CC2. The minimum atomic E-state index is -3.52. The molecule has 7 nitrogen and oxygen atoms in total. The summed E-state index contributed by atoms with van der Waals surface area (Å²) < 4.78 is 38.7. The summed E-state index contributed by atoms with van der Waals surface area (Å²) >= 11 is 0. The third kappa shape index (κ3) is 4.85. The Morgan fingerprint density at radius 3 is 2.23 bits per heavy atom. The smallest absolute Gasteiger partial charge is 0.254 e. The van der Waals surface area contributed by atoms with Gasteiger partial charge in [0.15, 0.2) is 11.5 Å². The van der Waals surface area contributed by atoms with Crippen LogP contribution in [0.3, 0.4) is 0 Å². The number of nitrogens with zero attached hydrogens (tertiary/aromatic N) is 1. The minimum absolute atomic E-state index is 0.0459. The van der Waals surface area contributed by atoms with Crippen molar-refractivity contribution in [3.05, 3.63) is 53.1 Å². The van der Waals surface area contributed by atoms with Gasteiger partial charge in [0.25, 0.3) is 5.91 Å². The normalized spacial score (nSPS) is 16.0. The summed E-state index contributed by atoms with van der Waals surface area (Å²) in [5.74, 6) is 1.31. The Labute approximate surface area is 183 Å². The molecule has 1 N–H and O–H groups in total. The van der Waals surface area contributed by atoms with E-state index < -0.39 is 10.0 Å². The molecule has 31 heavy (non-hydrogen) atoms. The third-order valence-electron chi connectivity index (χ3n) is 5.48. The van der Waals surface area contributed by atoms with E-state index in [4.69, 9.17) is 9.47 Å². The van der Waals surface area contributed by atoms with Gasteiger partial charge in [-0.2, -0.15) is 0 Å². The molecule has 0 radical (unpaired) electrons. The van der Waals surface area contributed by atoms with Gasteiger partial charge in [0, 0.05) is 24.7 Å². The Morgan fingerprint density at radius 2 is 1.65 bits per heavy atom. The van der Waals surface area contributed by atoms with E-state index in [1.165, 1.54) is 12.1 Å². The highest BCUT2D eigenvalue weighted by atomic mass is 32.2. The zero-order valence-corrected chi connectivity index (χ0v) is 18.7. The van der Waals surface area contributed by atoms with Crippen LogP contribution in [0.4, 0.5) is 0 Å². The van der Waals surface area contributed by atoms with Crippen molar-refractivity contribution >= 4 is 15.9 Å². The molecule has 0 bridgehead atoms. The number of fused-ring (bicyclic) bond motifs is 1. The first-order valence-electron chi connectivity index (χ1n) is 10.7. The lowest BCUT2D eigenvalue weighted by atomic mass is 9.98. The van der Waals surface area contributed by atoms with Crippen LogP contribution in [0, 0.1) is 0 Å². The molecule has 8 heteroatoms. The van der Waals surface area contributed by atoms with Crippen LogP contribution in [0.2, 0.25) is 0 Å². The summed E-state index contributed by atoms with van der Waals surface area (Å²) in [6.07, 6.45) is 2.48. The predicted octanol–water partition coefficient (Wildman–Crippen LogP) is 3.12. The van der Waals surface area contributed by atoms with Crippen molar-refractivity contribution in [3.8, 4) is 11.5 Å². The van der Waals surface area contributed by atoms with Crippen LogP contribution < -0.4 is 14.2 Å². The average Bonchev–Trinajstić information content (AvgIpc) is 3.57. The summed E-state index contributed by atoms with van der Waals surface area (Å²) in [5.41, 5.74) is 2.67. The highest BCUT2D eigenvalue weighted by Gasteiger charge is 2.28.